The summed E-state index contributed by atoms with van der Waals surface area (Å²) in [5, 5.41) is 11.5. The quantitative estimate of drug-likeness (QED) is 0.819. The first kappa shape index (κ1) is 13.6. The maximum absolute atomic E-state index is 13.2. The molecule has 1 atom stereocenters. The molecule has 2 N–H and O–H groups in total. The van der Waals surface area contributed by atoms with Gasteiger partial charge in [-0.2, -0.15) is 0 Å². The molecule has 4 heteroatoms. The number of amides is 1. The minimum atomic E-state index is -0.421. The fourth-order valence-corrected chi connectivity index (χ4v) is 1.92. The molecule has 1 amide bonds. The van der Waals surface area contributed by atoms with E-state index in [1.807, 2.05) is 6.92 Å². The Morgan fingerprint density at radius 3 is 2.95 bits per heavy atom. The van der Waals surface area contributed by atoms with Gasteiger partial charge in [-0.1, -0.05) is 18.8 Å². The molecule has 1 fully saturated rings. The van der Waals surface area contributed by atoms with Crippen LogP contribution < -0.4 is 5.32 Å². The number of aliphatic hydroxyl groups is 1. The molecule has 1 unspecified atom stereocenters. The van der Waals surface area contributed by atoms with E-state index in [1.165, 1.54) is 18.2 Å². The lowest BCUT2D eigenvalue weighted by Crippen LogP contribution is -2.22. The van der Waals surface area contributed by atoms with Gasteiger partial charge in [0.05, 0.1) is 11.3 Å². The molecular formula is C15H16FNO2. The first-order valence-corrected chi connectivity index (χ1v) is 6.32. The summed E-state index contributed by atoms with van der Waals surface area (Å²) in [5.41, 5.74) is 0.866. The Balaban J connectivity index is 2.16. The van der Waals surface area contributed by atoms with Crippen LogP contribution in [0, 0.1) is 29.5 Å². The van der Waals surface area contributed by atoms with Gasteiger partial charge in [-0.15, -0.1) is 0 Å². The van der Waals surface area contributed by atoms with Gasteiger partial charge in [0.25, 0.3) is 0 Å². The van der Waals surface area contributed by atoms with Crippen LogP contribution in [0.1, 0.15) is 25.3 Å². The number of aliphatic hydroxyl groups excluding tert-OH is 1. The van der Waals surface area contributed by atoms with Crippen molar-refractivity contribution in [3.8, 4) is 11.8 Å². The molecule has 0 bridgehead atoms. The van der Waals surface area contributed by atoms with Crippen molar-refractivity contribution in [3.05, 3.63) is 29.6 Å². The molecule has 1 aliphatic rings. The van der Waals surface area contributed by atoms with Crippen molar-refractivity contribution in [1.29, 1.82) is 0 Å². The highest BCUT2D eigenvalue weighted by Crippen LogP contribution is 2.37. The van der Waals surface area contributed by atoms with E-state index in [2.05, 4.69) is 17.2 Å². The summed E-state index contributed by atoms with van der Waals surface area (Å²) in [6.07, 6.45) is 2.18. The third-order valence-corrected chi connectivity index (χ3v) is 3.28. The second-order valence-corrected chi connectivity index (χ2v) is 4.77. The second-order valence-electron chi connectivity index (χ2n) is 4.77. The van der Waals surface area contributed by atoms with E-state index >= 15 is 0 Å². The number of halogens is 1. The first-order valence-electron chi connectivity index (χ1n) is 6.32. The van der Waals surface area contributed by atoms with Gasteiger partial charge < -0.3 is 10.4 Å². The van der Waals surface area contributed by atoms with E-state index in [9.17, 15) is 9.18 Å². The summed E-state index contributed by atoms with van der Waals surface area (Å²) in [7, 11) is 0. The van der Waals surface area contributed by atoms with E-state index in [1.54, 1.807) is 0 Å². The molecule has 0 spiro atoms. The molecule has 1 aromatic rings. The maximum atomic E-state index is 13.2. The molecule has 0 heterocycles. The van der Waals surface area contributed by atoms with Gasteiger partial charge in [-0.3, -0.25) is 4.79 Å². The van der Waals surface area contributed by atoms with E-state index in [4.69, 9.17) is 5.11 Å². The van der Waals surface area contributed by atoms with Crippen LogP contribution in [-0.4, -0.2) is 17.6 Å². The monoisotopic (exact) mass is 261 g/mol. The summed E-state index contributed by atoms with van der Waals surface area (Å²) >= 11 is 0. The zero-order valence-corrected chi connectivity index (χ0v) is 10.7. The van der Waals surface area contributed by atoms with E-state index < -0.39 is 5.82 Å². The summed E-state index contributed by atoms with van der Waals surface area (Å²) in [6.45, 7) is 1.60. The van der Waals surface area contributed by atoms with Crippen molar-refractivity contribution in [2.24, 2.45) is 11.8 Å². The molecule has 19 heavy (non-hydrogen) atoms. The molecule has 1 aromatic carbocycles. The van der Waals surface area contributed by atoms with Crippen molar-refractivity contribution < 1.29 is 14.3 Å². The molecule has 0 radical (unpaired) electrons. The van der Waals surface area contributed by atoms with Crippen LogP contribution in [0.15, 0.2) is 18.2 Å². The van der Waals surface area contributed by atoms with Crippen LogP contribution in [0.3, 0.4) is 0 Å². The van der Waals surface area contributed by atoms with Crippen molar-refractivity contribution >= 4 is 11.6 Å². The lowest BCUT2D eigenvalue weighted by Gasteiger charge is -2.12. The van der Waals surface area contributed by atoms with Crippen LogP contribution >= 0.6 is 0 Å². The maximum Gasteiger partial charge on any atom is 0.227 e. The number of benzene rings is 1. The van der Waals surface area contributed by atoms with Crippen LogP contribution in [-0.2, 0) is 4.79 Å². The summed E-state index contributed by atoms with van der Waals surface area (Å²) in [4.78, 5) is 12.0. The largest absolute Gasteiger partial charge is 0.384 e. The first-order chi connectivity index (χ1) is 9.11. The SMILES string of the molecule is CC(C(=O)Nc1ccc(F)cc1C#CCO)C1CC1. The summed E-state index contributed by atoms with van der Waals surface area (Å²) in [5.74, 6) is 5.03. The predicted molar refractivity (Wildman–Crippen MR) is 70.9 cm³/mol. The zero-order chi connectivity index (χ0) is 13.8. The van der Waals surface area contributed by atoms with Crippen LogP contribution in [0.2, 0.25) is 0 Å². The fourth-order valence-electron chi connectivity index (χ4n) is 1.92. The topological polar surface area (TPSA) is 49.3 Å². The van der Waals surface area contributed by atoms with Crippen LogP contribution in [0.4, 0.5) is 10.1 Å². The minimum Gasteiger partial charge on any atom is -0.384 e. The van der Waals surface area contributed by atoms with Gasteiger partial charge in [0, 0.05) is 5.92 Å². The highest BCUT2D eigenvalue weighted by molar-refractivity contribution is 5.94. The van der Waals surface area contributed by atoms with Crippen LogP contribution in [0.5, 0.6) is 0 Å². The Morgan fingerprint density at radius 2 is 2.32 bits per heavy atom. The number of carbonyl (C=O) groups is 1. The minimum absolute atomic E-state index is 0.0382. The van der Waals surface area contributed by atoms with E-state index in [0.717, 1.165) is 12.8 Å². The van der Waals surface area contributed by atoms with Gasteiger partial charge in [-0.05, 0) is 37.0 Å². The smallest absolute Gasteiger partial charge is 0.227 e. The molecule has 3 nitrogen and oxygen atoms in total. The molecule has 2 rings (SSSR count). The second kappa shape index (κ2) is 5.85. The average molecular weight is 261 g/mol. The standard InChI is InChI=1S/C15H16FNO2/c1-10(11-4-5-11)15(19)17-14-7-6-13(16)9-12(14)3-2-8-18/h6-7,9-11,18H,4-5,8H2,1H3,(H,17,19). The van der Waals surface area contributed by atoms with Gasteiger partial charge in [0.2, 0.25) is 5.91 Å². The van der Waals surface area contributed by atoms with Crippen molar-refractivity contribution in [3.63, 3.8) is 0 Å². The lowest BCUT2D eigenvalue weighted by molar-refractivity contribution is -0.119. The number of hydrogen-bond donors (Lipinski definition) is 2. The molecule has 0 aromatic heterocycles. The van der Waals surface area contributed by atoms with E-state index in [-0.39, 0.29) is 18.4 Å². The number of nitrogens with one attached hydrogen (secondary N) is 1. The molecule has 1 aliphatic carbocycles. The Labute approximate surface area is 111 Å². The highest BCUT2D eigenvalue weighted by Gasteiger charge is 2.32. The third kappa shape index (κ3) is 3.55. The average Bonchev–Trinajstić information content (AvgIpc) is 3.22. The predicted octanol–water partition coefficient (Wildman–Crippen LogP) is 2.15. The number of hydrogen-bond acceptors (Lipinski definition) is 2. The Bertz CT molecular complexity index is 541. The zero-order valence-electron chi connectivity index (χ0n) is 10.7. The molecule has 0 saturated heterocycles. The van der Waals surface area contributed by atoms with Gasteiger partial charge in [0.1, 0.15) is 12.4 Å². The van der Waals surface area contributed by atoms with Crippen molar-refractivity contribution in [2.75, 3.05) is 11.9 Å². The summed E-state index contributed by atoms with van der Waals surface area (Å²) in [6, 6.07) is 4.02. The molecule has 1 saturated carbocycles. The van der Waals surface area contributed by atoms with Crippen molar-refractivity contribution in [2.45, 2.75) is 19.8 Å². The van der Waals surface area contributed by atoms with Gasteiger partial charge in [0.15, 0.2) is 0 Å². The molecule has 0 aliphatic heterocycles. The number of anilines is 1. The number of rotatable bonds is 3. The Kier molecular flexibility index (Phi) is 4.18. The Hall–Kier alpha value is -1.86. The fraction of sp³-hybridized carbons (Fsp3) is 0.400. The van der Waals surface area contributed by atoms with Crippen LogP contribution in [0.25, 0.3) is 0 Å². The molecule has 100 valence electrons. The highest BCUT2D eigenvalue weighted by atomic mass is 19.1. The van der Waals surface area contributed by atoms with Gasteiger partial charge >= 0.3 is 0 Å². The third-order valence-electron chi connectivity index (χ3n) is 3.28. The molecular weight excluding hydrogens is 245 g/mol. The van der Waals surface area contributed by atoms with Crippen molar-refractivity contribution in [1.82, 2.24) is 0 Å². The lowest BCUT2D eigenvalue weighted by atomic mass is 10.1. The van der Waals surface area contributed by atoms with E-state index in [0.29, 0.717) is 17.2 Å². The van der Waals surface area contributed by atoms with Gasteiger partial charge in [-0.25, -0.2) is 4.39 Å². The summed E-state index contributed by atoms with van der Waals surface area (Å²) < 4.78 is 13.2. The number of carbonyl (C=O) groups excluding carboxylic acids is 1. The normalized spacial score (nSPS) is 15.3. The Morgan fingerprint density at radius 1 is 1.58 bits per heavy atom.